The third kappa shape index (κ3) is 3.45. The second-order valence-electron chi connectivity index (χ2n) is 5.88. The molecule has 1 aliphatic rings. The first-order chi connectivity index (χ1) is 12.5. The fraction of sp³-hybridized carbons (Fsp3) is 0.278. The molecule has 2 heterocycles. The van der Waals surface area contributed by atoms with Crippen LogP contribution in [0.25, 0.3) is 11.3 Å². The highest BCUT2D eigenvalue weighted by molar-refractivity contribution is 6.08. The van der Waals surface area contributed by atoms with Crippen molar-refractivity contribution in [1.29, 1.82) is 0 Å². The average Bonchev–Trinajstić information content (AvgIpc) is 3.20. The topological polar surface area (TPSA) is 96.7 Å². The number of anilines is 1. The summed E-state index contributed by atoms with van der Waals surface area (Å²) in [6.45, 7) is 0.0788. The van der Waals surface area contributed by atoms with Crippen LogP contribution in [-0.2, 0) is 21.4 Å². The van der Waals surface area contributed by atoms with Crippen LogP contribution < -0.4 is 5.32 Å². The molecule has 0 atom stereocenters. The molecule has 2 N–H and O–H groups in total. The summed E-state index contributed by atoms with van der Waals surface area (Å²) in [7, 11) is 3.11. The number of aryl methyl sites for hydroxylation is 1. The van der Waals surface area contributed by atoms with Gasteiger partial charge in [0.15, 0.2) is 0 Å². The summed E-state index contributed by atoms with van der Waals surface area (Å²) in [5, 5.41) is 16.5. The number of ether oxygens (including phenoxy) is 1. The van der Waals surface area contributed by atoms with Crippen LogP contribution in [0.5, 0.6) is 0 Å². The summed E-state index contributed by atoms with van der Waals surface area (Å²) in [5.41, 5.74) is 2.76. The maximum Gasteiger partial charge on any atom is 0.337 e. The zero-order chi connectivity index (χ0) is 18.7. The van der Waals surface area contributed by atoms with E-state index in [1.807, 2.05) is 37.5 Å². The number of hydrogen-bond donors (Lipinski definition) is 2. The number of amides is 1. The maximum absolute atomic E-state index is 12.6. The van der Waals surface area contributed by atoms with E-state index in [4.69, 9.17) is 9.84 Å². The minimum atomic E-state index is -0.567. The van der Waals surface area contributed by atoms with Gasteiger partial charge in [0.05, 0.1) is 31.5 Å². The molecule has 0 saturated heterocycles. The number of methoxy groups -OCH3 is 1. The van der Waals surface area contributed by atoms with Crippen molar-refractivity contribution in [3.63, 3.8) is 0 Å². The molecule has 0 aliphatic carbocycles. The molecule has 26 heavy (non-hydrogen) atoms. The number of esters is 1. The minimum absolute atomic E-state index is 0.105. The van der Waals surface area contributed by atoms with Gasteiger partial charge in [0.2, 0.25) is 0 Å². The van der Waals surface area contributed by atoms with E-state index < -0.39 is 5.97 Å². The number of hydrogen-bond acceptors (Lipinski definition) is 6. The number of nitrogens with one attached hydrogen (secondary N) is 1. The first-order valence-corrected chi connectivity index (χ1v) is 8.12. The summed E-state index contributed by atoms with van der Waals surface area (Å²) in [6.07, 6.45) is 1.85. The van der Waals surface area contributed by atoms with Crippen molar-refractivity contribution in [2.45, 2.75) is 0 Å². The Bertz CT molecular complexity index is 872. The Labute approximate surface area is 150 Å². The lowest BCUT2D eigenvalue weighted by Gasteiger charge is -2.15. The zero-order valence-electron chi connectivity index (χ0n) is 14.6. The van der Waals surface area contributed by atoms with Crippen molar-refractivity contribution >= 4 is 17.6 Å². The molecule has 0 fully saturated rings. The van der Waals surface area contributed by atoms with Crippen LogP contribution in [-0.4, -0.2) is 58.5 Å². The van der Waals surface area contributed by atoms with Gasteiger partial charge in [-0.2, -0.15) is 5.10 Å². The Morgan fingerprint density at radius 2 is 2.19 bits per heavy atom. The molecule has 1 aromatic heterocycles. The lowest BCUT2D eigenvalue weighted by atomic mass is 10.1. The molecule has 0 spiro atoms. The van der Waals surface area contributed by atoms with E-state index in [-0.39, 0.29) is 36.9 Å². The molecule has 0 bridgehead atoms. The molecule has 1 amide bonds. The quantitative estimate of drug-likeness (QED) is 0.742. The van der Waals surface area contributed by atoms with Gasteiger partial charge in [-0.1, -0.05) is 12.1 Å². The van der Waals surface area contributed by atoms with Crippen LogP contribution in [0, 0.1) is 0 Å². The highest BCUT2D eigenvalue weighted by Gasteiger charge is 2.34. The molecule has 2 aromatic rings. The van der Waals surface area contributed by atoms with Gasteiger partial charge < -0.3 is 20.1 Å². The number of nitrogens with zero attached hydrogens (tertiary/aromatic N) is 3. The smallest absolute Gasteiger partial charge is 0.337 e. The van der Waals surface area contributed by atoms with E-state index in [1.165, 1.54) is 12.0 Å². The van der Waals surface area contributed by atoms with Gasteiger partial charge in [-0.05, 0) is 18.2 Å². The van der Waals surface area contributed by atoms with Crippen LogP contribution in [0.1, 0.15) is 0 Å². The molecular formula is C18H20N4O4. The molecule has 1 aliphatic heterocycles. The second-order valence-corrected chi connectivity index (χ2v) is 5.88. The molecule has 0 radical (unpaired) electrons. The van der Waals surface area contributed by atoms with Gasteiger partial charge in [-0.15, -0.1) is 0 Å². The van der Waals surface area contributed by atoms with Gasteiger partial charge in [0, 0.05) is 31.0 Å². The summed E-state index contributed by atoms with van der Waals surface area (Å²) < 4.78 is 6.49. The van der Waals surface area contributed by atoms with Crippen LogP contribution in [0.4, 0.5) is 5.69 Å². The molecule has 1 aromatic carbocycles. The summed E-state index contributed by atoms with van der Waals surface area (Å²) in [4.78, 5) is 26.0. The molecule has 0 saturated carbocycles. The first-order valence-electron chi connectivity index (χ1n) is 8.12. The molecule has 136 valence electrons. The third-order valence-electron chi connectivity index (χ3n) is 4.09. The minimum Gasteiger partial charge on any atom is -0.466 e. The number of carbonyl (C=O) groups excluding carboxylic acids is 2. The van der Waals surface area contributed by atoms with Crippen molar-refractivity contribution < 1.29 is 19.4 Å². The normalized spacial score (nSPS) is 14.1. The second kappa shape index (κ2) is 7.40. The fourth-order valence-corrected chi connectivity index (χ4v) is 2.82. The zero-order valence-corrected chi connectivity index (χ0v) is 14.6. The molecule has 8 nitrogen and oxygen atoms in total. The Morgan fingerprint density at radius 3 is 2.85 bits per heavy atom. The van der Waals surface area contributed by atoms with Crippen LogP contribution in [0.2, 0.25) is 0 Å². The van der Waals surface area contributed by atoms with Crippen LogP contribution >= 0.6 is 0 Å². The van der Waals surface area contributed by atoms with E-state index in [1.54, 1.807) is 10.7 Å². The van der Waals surface area contributed by atoms with Gasteiger partial charge in [-0.3, -0.25) is 9.48 Å². The number of aliphatic hydroxyl groups is 1. The average molecular weight is 356 g/mol. The van der Waals surface area contributed by atoms with E-state index in [0.717, 1.165) is 11.3 Å². The van der Waals surface area contributed by atoms with E-state index in [9.17, 15) is 9.59 Å². The standard InChI is InChI=1S/C18H20N4O4/c1-21-7-6-15(20-21)12-4-3-5-13(10-12)19-16-14(18(25)26-2)11-22(8-9-23)17(16)24/h3-7,10,19,23H,8-9,11H2,1-2H3. The predicted molar refractivity (Wildman–Crippen MR) is 95.0 cm³/mol. The molecule has 8 heteroatoms. The highest BCUT2D eigenvalue weighted by Crippen LogP contribution is 2.25. The lowest BCUT2D eigenvalue weighted by molar-refractivity contribution is -0.136. The van der Waals surface area contributed by atoms with Crippen LogP contribution in [0.15, 0.2) is 47.8 Å². The third-order valence-corrected chi connectivity index (χ3v) is 4.09. The van der Waals surface area contributed by atoms with Crippen molar-refractivity contribution in [1.82, 2.24) is 14.7 Å². The summed E-state index contributed by atoms with van der Waals surface area (Å²) >= 11 is 0. The largest absolute Gasteiger partial charge is 0.466 e. The van der Waals surface area contributed by atoms with Gasteiger partial charge in [0.25, 0.3) is 5.91 Å². The Balaban J connectivity index is 1.90. The monoisotopic (exact) mass is 356 g/mol. The molecule has 0 unspecified atom stereocenters. The highest BCUT2D eigenvalue weighted by atomic mass is 16.5. The van der Waals surface area contributed by atoms with Crippen molar-refractivity contribution in [3.05, 3.63) is 47.8 Å². The first kappa shape index (κ1) is 17.7. The summed E-state index contributed by atoms with van der Waals surface area (Å²) in [5.74, 6) is -0.912. The molecular weight excluding hydrogens is 336 g/mol. The van der Waals surface area contributed by atoms with Gasteiger partial charge >= 0.3 is 5.97 Å². The maximum atomic E-state index is 12.6. The van der Waals surface area contributed by atoms with Crippen LogP contribution in [0.3, 0.4) is 0 Å². The predicted octanol–water partition coefficient (Wildman–Crippen LogP) is 0.761. The van der Waals surface area contributed by atoms with E-state index in [2.05, 4.69) is 10.4 Å². The number of aliphatic hydroxyl groups excluding tert-OH is 1. The Hall–Kier alpha value is -3.13. The number of carbonyl (C=O) groups is 2. The number of benzene rings is 1. The number of β-amino-alcohol motifs (C(OH)–C–C–N with tert-alkyl or cyclic N) is 1. The van der Waals surface area contributed by atoms with Gasteiger partial charge in [-0.25, -0.2) is 4.79 Å². The van der Waals surface area contributed by atoms with Crippen molar-refractivity contribution in [2.75, 3.05) is 32.1 Å². The fourth-order valence-electron chi connectivity index (χ4n) is 2.82. The number of aromatic nitrogens is 2. The van der Waals surface area contributed by atoms with Crippen molar-refractivity contribution in [3.8, 4) is 11.3 Å². The van der Waals surface area contributed by atoms with E-state index in [0.29, 0.717) is 5.69 Å². The number of rotatable bonds is 6. The Morgan fingerprint density at radius 1 is 1.38 bits per heavy atom. The van der Waals surface area contributed by atoms with E-state index >= 15 is 0 Å². The van der Waals surface area contributed by atoms with Crippen molar-refractivity contribution in [2.24, 2.45) is 7.05 Å². The van der Waals surface area contributed by atoms with Gasteiger partial charge in [0.1, 0.15) is 5.70 Å². The Kier molecular flexibility index (Phi) is 5.04. The lowest BCUT2D eigenvalue weighted by Crippen LogP contribution is -2.31. The summed E-state index contributed by atoms with van der Waals surface area (Å²) in [6, 6.07) is 9.30. The molecule has 3 rings (SSSR count). The SMILES string of the molecule is COC(=O)C1=C(Nc2cccc(-c3ccn(C)n3)c2)C(=O)N(CCO)C1.